The molecule has 2 nitrogen and oxygen atoms in total. The Morgan fingerprint density at radius 3 is 2.00 bits per heavy atom. The summed E-state index contributed by atoms with van der Waals surface area (Å²) in [5, 5.41) is 0. The van der Waals surface area contributed by atoms with Gasteiger partial charge in [0.2, 0.25) is 0 Å². The zero-order valence-electron chi connectivity index (χ0n) is 8.51. The van der Waals surface area contributed by atoms with E-state index in [0.717, 1.165) is 19.3 Å². The summed E-state index contributed by atoms with van der Waals surface area (Å²) < 4.78 is 12.1. The van der Waals surface area contributed by atoms with E-state index in [0.29, 0.717) is 6.54 Å². The number of nitrogens with zero attached hydrogens (tertiary/aromatic N) is 1. The van der Waals surface area contributed by atoms with Crippen LogP contribution in [-0.2, 0) is 4.79 Å². The molecule has 1 heterocycles. The van der Waals surface area contributed by atoms with Crippen molar-refractivity contribution in [2.45, 2.75) is 33.4 Å². The Morgan fingerprint density at radius 2 is 1.92 bits per heavy atom. The number of hydrogen-bond donors (Lipinski definition) is 0. The number of alkyl halides is 1. The second-order valence-electron chi connectivity index (χ2n) is 2.38. The molecule has 0 aliphatic carbocycles. The first-order valence-corrected chi connectivity index (χ1v) is 4.43. The Bertz CT molecular complexity index is 90.5. The van der Waals surface area contributed by atoms with Crippen LogP contribution in [0.1, 0.15) is 27.2 Å². The molecule has 1 atom stereocenters. The molecule has 0 aromatic rings. The maximum Gasteiger partial charge on any atom is 0.116 e. The maximum absolute atomic E-state index is 12.1. The average molecular weight is 177 g/mol. The highest BCUT2D eigenvalue weighted by Crippen LogP contribution is 2.08. The van der Waals surface area contributed by atoms with E-state index in [-0.39, 0.29) is 0 Å². The Morgan fingerprint density at radius 1 is 1.50 bits per heavy atom. The number of carbonyl (C=O) groups excluding carboxylic acids is 1. The van der Waals surface area contributed by atoms with Gasteiger partial charge in [-0.25, -0.2) is 4.39 Å². The van der Waals surface area contributed by atoms with Crippen LogP contribution in [0.4, 0.5) is 4.39 Å². The van der Waals surface area contributed by atoms with Crippen molar-refractivity contribution in [3.8, 4) is 0 Å². The molecule has 0 bridgehead atoms. The highest BCUT2D eigenvalue weighted by atomic mass is 19.1. The van der Waals surface area contributed by atoms with E-state index in [4.69, 9.17) is 4.79 Å². The van der Waals surface area contributed by atoms with Crippen LogP contribution in [0.5, 0.6) is 0 Å². The monoisotopic (exact) mass is 177 g/mol. The molecule has 1 fully saturated rings. The van der Waals surface area contributed by atoms with E-state index in [1.54, 1.807) is 0 Å². The van der Waals surface area contributed by atoms with Gasteiger partial charge in [0, 0.05) is 13.1 Å². The fourth-order valence-electron chi connectivity index (χ4n) is 0.881. The molecular weight excluding hydrogens is 157 g/mol. The van der Waals surface area contributed by atoms with Crippen molar-refractivity contribution in [2.75, 3.05) is 20.1 Å². The summed E-state index contributed by atoms with van der Waals surface area (Å²) in [6.45, 7) is 7.02. The zero-order chi connectivity index (χ0) is 9.98. The smallest absolute Gasteiger partial charge is 0.116 e. The van der Waals surface area contributed by atoms with Crippen LogP contribution in [0, 0.1) is 0 Å². The Labute approximate surface area is 74.8 Å². The first-order chi connectivity index (χ1) is 5.70. The minimum absolute atomic E-state index is 0.551. The molecule has 1 unspecified atom stereocenters. The molecule has 0 spiro atoms. The van der Waals surface area contributed by atoms with Crippen LogP contribution < -0.4 is 0 Å². The molecule has 0 aromatic heterocycles. The average Bonchev–Trinajstić information content (AvgIpc) is 2.40. The van der Waals surface area contributed by atoms with Crippen LogP contribution in [0.3, 0.4) is 0 Å². The third-order valence-corrected chi connectivity index (χ3v) is 1.33. The number of carbonyl (C=O) groups is 1. The predicted molar refractivity (Wildman–Crippen MR) is 50.1 cm³/mol. The minimum atomic E-state index is -0.551. The van der Waals surface area contributed by atoms with E-state index in [9.17, 15) is 4.39 Å². The van der Waals surface area contributed by atoms with Crippen molar-refractivity contribution in [2.24, 2.45) is 0 Å². The summed E-state index contributed by atoms with van der Waals surface area (Å²) in [4.78, 5) is 10.8. The summed E-state index contributed by atoms with van der Waals surface area (Å²) in [6, 6.07) is 0. The van der Waals surface area contributed by atoms with E-state index >= 15 is 0 Å². The minimum Gasteiger partial charge on any atom is -0.304 e. The largest absolute Gasteiger partial charge is 0.304 e. The van der Waals surface area contributed by atoms with E-state index in [2.05, 4.69) is 0 Å². The Hall–Kier alpha value is -0.440. The van der Waals surface area contributed by atoms with Gasteiger partial charge in [-0.05, 0) is 20.4 Å². The summed E-state index contributed by atoms with van der Waals surface area (Å²) in [5.74, 6) is 0. The quantitative estimate of drug-likeness (QED) is 0.527. The van der Waals surface area contributed by atoms with E-state index in [1.165, 1.54) is 6.92 Å². The molecular formula is C9H20FNO. The van der Waals surface area contributed by atoms with Gasteiger partial charge in [-0.2, -0.15) is 0 Å². The zero-order valence-corrected chi connectivity index (χ0v) is 8.51. The van der Waals surface area contributed by atoms with Crippen molar-refractivity contribution in [1.82, 2.24) is 4.90 Å². The van der Waals surface area contributed by atoms with Crippen LogP contribution in [0.2, 0.25) is 0 Å². The number of rotatable bonds is 0. The van der Waals surface area contributed by atoms with E-state index < -0.39 is 6.17 Å². The molecule has 1 aliphatic heterocycles. The van der Waals surface area contributed by atoms with Gasteiger partial charge in [0.15, 0.2) is 0 Å². The summed E-state index contributed by atoms with van der Waals surface area (Å²) >= 11 is 0. The van der Waals surface area contributed by atoms with Crippen molar-refractivity contribution < 1.29 is 9.18 Å². The second kappa shape index (κ2) is 10.6. The number of aldehydes is 1. The lowest BCUT2D eigenvalue weighted by molar-refractivity contribution is -0.106. The van der Waals surface area contributed by atoms with Gasteiger partial charge in [0.25, 0.3) is 0 Å². The summed E-state index contributed by atoms with van der Waals surface area (Å²) in [6.07, 6.45) is 0.932. The highest BCUT2D eigenvalue weighted by molar-refractivity contribution is 5.44. The number of halogens is 1. The SMILES string of the molecule is CC.CC=O.CN1CCC(F)C1. The molecule has 3 heteroatoms. The highest BCUT2D eigenvalue weighted by Gasteiger charge is 2.17. The van der Waals surface area contributed by atoms with Crippen molar-refractivity contribution in [3.63, 3.8) is 0 Å². The van der Waals surface area contributed by atoms with E-state index in [1.807, 2.05) is 25.8 Å². The lowest BCUT2D eigenvalue weighted by atomic mass is 10.4. The Balaban J connectivity index is 0. The van der Waals surface area contributed by atoms with Gasteiger partial charge in [-0.3, -0.25) is 0 Å². The van der Waals surface area contributed by atoms with Crippen molar-refractivity contribution in [1.29, 1.82) is 0 Å². The fraction of sp³-hybridized carbons (Fsp3) is 0.889. The molecule has 0 saturated carbocycles. The van der Waals surface area contributed by atoms with Crippen molar-refractivity contribution >= 4 is 6.29 Å². The molecule has 0 N–H and O–H groups in total. The summed E-state index contributed by atoms with van der Waals surface area (Å²) in [5.41, 5.74) is 0. The molecule has 74 valence electrons. The number of likely N-dealkylation sites (tertiary alicyclic amines) is 1. The lowest BCUT2D eigenvalue weighted by Gasteiger charge is -2.01. The van der Waals surface area contributed by atoms with Gasteiger partial charge in [-0.1, -0.05) is 13.8 Å². The summed E-state index contributed by atoms with van der Waals surface area (Å²) in [7, 11) is 1.94. The van der Waals surface area contributed by atoms with Gasteiger partial charge >= 0.3 is 0 Å². The standard InChI is InChI=1S/C5H10FN.C2H4O.C2H6/c1-7-3-2-5(6)4-7;1-2-3;1-2/h5H,2-4H2,1H3;2H,1H3;1-2H3. The molecule has 1 aliphatic rings. The second-order valence-corrected chi connectivity index (χ2v) is 2.38. The van der Waals surface area contributed by atoms with Crippen LogP contribution in [0.25, 0.3) is 0 Å². The molecule has 1 rings (SSSR count). The van der Waals surface area contributed by atoms with Crippen molar-refractivity contribution in [3.05, 3.63) is 0 Å². The van der Waals surface area contributed by atoms with Crippen LogP contribution in [-0.4, -0.2) is 37.5 Å². The Kier molecular flexibility index (Phi) is 12.4. The van der Waals surface area contributed by atoms with Gasteiger partial charge in [0.05, 0.1) is 0 Å². The molecule has 0 aromatic carbocycles. The molecule has 12 heavy (non-hydrogen) atoms. The third-order valence-electron chi connectivity index (χ3n) is 1.33. The number of hydrogen-bond acceptors (Lipinski definition) is 2. The van der Waals surface area contributed by atoms with Crippen LogP contribution in [0.15, 0.2) is 0 Å². The van der Waals surface area contributed by atoms with Gasteiger partial charge in [-0.15, -0.1) is 0 Å². The first-order valence-electron chi connectivity index (χ1n) is 4.43. The van der Waals surface area contributed by atoms with Gasteiger partial charge in [0.1, 0.15) is 12.5 Å². The molecule has 0 amide bonds. The van der Waals surface area contributed by atoms with Crippen LogP contribution >= 0.6 is 0 Å². The predicted octanol–water partition coefficient (Wildman–Crippen LogP) is 1.89. The fourth-order valence-corrected chi connectivity index (χ4v) is 0.881. The molecule has 1 saturated heterocycles. The molecule has 0 radical (unpaired) electrons. The normalized spacial score (nSPS) is 21.6. The maximum atomic E-state index is 12.1. The topological polar surface area (TPSA) is 20.3 Å². The first kappa shape index (κ1) is 14.1. The lowest BCUT2D eigenvalue weighted by Crippen LogP contribution is -2.13. The van der Waals surface area contributed by atoms with Gasteiger partial charge < -0.3 is 9.69 Å². The third kappa shape index (κ3) is 9.56.